The minimum atomic E-state index is -0.0285. The summed E-state index contributed by atoms with van der Waals surface area (Å²) in [6.07, 6.45) is 1.95. The smallest absolute Gasteiger partial charge is 0.102 e. The molecule has 17 heavy (non-hydrogen) atoms. The van der Waals surface area contributed by atoms with E-state index in [9.17, 15) is 10.4 Å². The molecule has 1 aromatic rings. The molecule has 0 fully saturated rings. The monoisotopic (exact) mass is 250 g/mol. The van der Waals surface area contributed by atoms with Crippen LogP contribution in [-0.2, 0) is 0 Å². The maximum atomic E-state index is 9.30. The summed E-state index contributed by atoms with van der Waals surface area (Å²) in [6, 6.07) is 7.92. The molecule has 1 rings (SSSR count). The van der Waals surface area contributed by atoms with Gasteiger partial charge in [-0.1, -0.05) is 19.9 Å². The average Bonchev–Trinajstić information content (AvgIpc) is 2.34. The van der Waals surface area contributed by atoms with Crippen molar-refractivity contribution in [3.05, 3.63) is 23.8 Å². The summed E-state index contributed by atoms with van der Waals surface area (Å²) in [5.41, 5.74) is 1.45. The molecular weight excluding hydrogens is 232 g/mol. The van der Waals surface area contributed by atoms with E-state index in [1.807, 2.05) is 38.3 Å². The highest BCUT2D eigenvalue weighted by atomic mass is 32.2. The molecule has 0 heterocycles. The number of hydrogen-bond acceptors (Lipinski definition) is 4. The minimum Gasteiger partial charge on any atom is -0.394 e. The van der Waals surface area contributed by atoms with E-state index in [-0.39, 0.29) is 12.6 Å². The number of benzene rings is 1. The molecule has 3 nitrogen and oxygen atoms in total. The van der Waals surface area contributed by atoms with Gasteiger partial charge in [0.05, 0.1) is 23.9 Å². The molecule has 0 saturated heterocycles. The highest BCUT2D eigenvalue weighted by Crippen LogP contribution is 2.27. The van der Waals surface area contributed by atoms with Crippen LogP contribution in [0.5, 0.6) is 0 Å². The molecular formula is C13H18N2OS. The molecule has 1 atom stereocenters. The first-order valence-corrected chi connectivity index (χ1v) is 6.81. The van der Waals surface area contributed by atoms with Gasteiger partial charge in [0.15, 0.2) is 0 Å². The number of anilines is 1. The van der Waals surface area contributed by atoms with Gasteiger partial charge in [-0.3, -0.25) is 0 Å². The molecule has 0 saturated carbocycles. The van der Waals surface area contributed by atoms with E-state index in [1.54, 1.807) is 11.8 Å². The number of rotatable bonds is 5. The van der Waals surface area contributed by atoms with Crippen molar-refractivity contribution in [2.75, 3.05) is 18.2 Å². The Kier molecular flexibility index (Phi) is 5.33. The van der Waals surface area contributed by atoms with Gasteiger partial charge in [-0.2, -0.15) is 5.26 Å². The maximum Gasteiger partial charge on any atom is 0.102 e. The summed E-state index contributed by atoms with van der Waals surface area (Å²) >= 11 is 1.55. The molecule has 0 spiro atoms. The third-order valence-corrected chi connectivity index (χ3v) is 3.48. The lowest BCUT2D eigenvalue weighted by molar-refractivity contribution is 0.249. The minimum absolute atomic E-state index is 0.0285. The van der Waals surface area contributed by atoms with E-state index < -0.39 is 0 Å². The van der Waals surface area contributed by atoms with E-state index in [4.69, 9.17) is 0 Å². The van der Waals surface area contributed by atoms with Gasteiger partial charge >= 0.3 is 0 Å². The summed E-state index contributed by atoms with van der Waals surface area (Å²) in [5.74, 6) is 0.310. The van der Waals surface area contributed by atoms with Crippen molar-refractivity contribution in [3.8, 4) is 6.07 Å². The van der Waals surface area contributed by atoms with Crippen molar-refractivity contribution >= 4 is 17.4 Å². The highest BCUT2D eigenvalue weighted by molar-refractivity contribution is 7.98. The predicted octanol–water partition coefficient (Wildman–Crippen LogP) is 2.71. The quantitative estimate of drug-likeness (QED) is 0.789. The van der Waals surface area contributed by atoms with Crippen molar-refractivity contribution in [1.29, 1.82) is 5.26 Å². The fourth-order valence-electron chi connectivity index (χ4n) is 1.56. The fraction of sp³-hybridized carbons (Fsp3) is 0.462. The first kappa shape index (κ1) is 13.9. The molecule has 1 aromatic carbocycles. The zero-order valence-corrected chi connectivity index (χ0v) is 11.2. The van der Waals surface area contributed by atoms with E-state index >= 15 is 0 Å². The third kappa shape index (κ3) is 3.39. The number of nitrogens with one attached hydrogen (secondary N) is 1. The van der Waals surface area contributed by atoms with Gasteiger partial charge in [-0.15, -0.1) is 11.8 Å². The highest BCUT2D eigenvalue weighted by Gasteiger charge is 2.15. The van der Waals surface area contributed by atoms with Crippen molar-refractivity contribution in [3.63, 3.8) is 0 Å². The number of aliphatic hydroxyl groups is 1. The maximum absolute atomic E-state index is 9.30. The van der Waals surface area contributed by atoms with Crippen LogP contribution in [0.4, 0.5) is 5.69 Å². The van der Waals surface area contributed by atoms with Gasteiger partial charge in [0.1, 0.15) is 6.07 Å². The van der Waals surface area contributed by atoms with Crippen LogP contribution in [0.1, 0.15) is 19.4 Å². The second-order valence-electron chi connectivity index (χ2n) is 4.17. The number of nitrogens with zero attached hydrogens (tertiary/aromatic N) is 1. The van der Waals surface area contributed by atoms with Crippen LogP contribution in [-0.4, -0.2) is 24.0 Å². The lowest BCUT2D eigenvalue weighted by atomic mass is 10.0. The largest absolute Gasteiger partial charge is 0.394 e. The Morgan fingerprint density at radius 2 is 2.18 bits per heavy atom. The molecule has 0 aliphatic rings. The standard InChI is InChI=1S/C13H18N2OS/c1-9(2)12(8-16)15-11-5-4-6-13(17-3)10(11)7-14/h4-6,9,12,15-16H,8H2,1-3H3/t12-/m1/s1. The van der Waals surface area contributed by atoms with Crippen molar-refractivity contribution in [1.82, 2.24) is 0 Å². The summed E-state index contributed by atoms with van der Waals surface area (Å²) in [4.78, 5) is 0.956. The van der Waals surface area contributed by atoms with Gasteiger partial charge in [0, 0.05) is 4.90 Å². The lowest BCUT2D eigenvalue weighted by Gasteiger charge is -2.22. The first-order valence-electron chi connectivity index (χ1n) is 5.58. The van der Waals surface area contributed by atoms with Crippen LogP contribution in [0.25, 0.3) is 0 Å². The SMILES string of the molecule is CSc1cccc(N[C@H](CO)C(C)C)c1C#N. The first-order chi connectivity index (χ1) is 8.13. The number of hydrogen-bond donors (Lipinski definition) is 2. The molecule has 4 heteroatoms. The molecule has 0 radical (unpaired) electrons. The zero-order valence-electron chi connectivity index (χ0n) is 10.4. The Bertz CT molecular complexity index is 412. The molecule has 0 unspecified atom stereocenters. The van der Waals surface area contributed by atoms with Gasteiger partial charge < -0.3 is 10.4 Å². The zero-order chi connectivity index (χ0) is 12.8. The second kappa shape index (κ2) is 6.53. The summed E-state index contributed by atoms with van der Waals surface area (Å²) in [7, 11) is 0. The van der Waals surface area contributed by atoms with Gasteiger partial charge in [0.25, 0.3) is 0 Å². The van der Waals surface area contributed by atoms with E-state index in [0.717, 1.165) is 10.6 Å². The normalized spacial score (nSPS) is 12.2. The van der Waals surface area contributed by atoms with Gasteiger partial charge in [-0.25, -0.2) is 0 Å². The Labute approximate surface area is 107 Å². The molecule has 92 valence electrons. The Morgan fingerprint density at radius 1 is 1.47 bits per heavy atom. The van der Waals surface area contributed by atoms with Gasteiger partial charge in [0.2, 0.25) is 0 Å². The molecule has 0 aliphatic carbocycles. The van der Waals surface area contributed by atoms with Crippen LogP contribution < -0.4 is 5.32 Å². The molecule has 2 N–H and O–H groups in total. The van der Waals surface area contributed by atoms with Crippen molar-refractivity contribution in [2.24, 2.45) is 5.92 Å². The topological polar surface area (TPSA) is 56.0 Å². The number of aliphatic hydroxyl groups excluding tert-OH is 1. The Morgan fingerprint density at radius 3 is 2.65 bits per heavy atom. The summed E-state index contributed by atoms with van der Waals surface area (Å²) < 4.78 is 0. The van der Waals surface area contributed by atoms with Crippen LogP contribution >= 0.6 is 11.8 Å². The Balaban J connectivity index is 3.02. The average molecular weight is 250 g/mol. The van der Waals surface area contributed by atoms with Crippen molar-refractivity contribution < 1.29 is 5.11 Å². The van der Waals surface area contributed by atoms with Crippen LogP contribution in [0.2, 0.25) is 0 Å². The number of thioether (sulfide) groups is 1. The summed E-state index contributed by atoms with van der Waals surface area (Å²) in [6.45, 7) is 4.14. The predicted molar refractivity (Wildman–Crippen MR) is 72.3 cm³/mol. The van der Waals surface area contributed by atoms with E-state index in [1.165, 1.54) is 0 Å². The fourth-order valence-corrected chi connectivity index (χ4v) is 2.13. The number of nitriles is 1. The van der Waals surface area contributed by atoms with E-state index in [2.05, 4.69) is 11.4 Å². The van der Waals surface area contributed by atoms with Crippen molar-refractivity contribution in [2.45, 2.75) is 24.8 Å². The van der Waals surface area contributed by atoms with Crippen LogP contribution in [0.15, 0.2) is 23.1 Å². The van der Waals surface area contributed by atoms with Gasteiger partial charge in [-0.05, 0) is 24.3 Å². The molecule has 0 aromatic heterocycles. The molecule has 0 aliphatic heterocycles. The second-order valence-corrected chi connectivity index (χ2v) is 5.02. The third-order valence-electron chi connectivity index (χ3n) is 2.70. The van der Waals surface area contributed by atoms with E-state index in [0.29, 0.717) is 11.5 Å². The lowest BCUT2D eigenvalue weighted by Crippen LogP contribution is -2.29. The van der Waals surface area contributed by atoms with Crippen LogP contribution in [0.3, 0.4) is 0 Å². The molecule has 0 amide bonds. The Hall–Kier alpha value is -1.18. The van der Waals surface area contributed by atoms with Crippen LogP contribution in [0, 0.1) is 17.2 Å². The molecule has 0 bridgehead atoms. The summed E-state index contributed by atoms with van der Waals surface area (Å²) in [5, 5.41) is 21.7.